The summed E-state index contributed by atoms with van der Waals surface area (Å²) in [4.78, 5) is 24.2. The Labute approximate surface area is 206 Å². The zero-order valence-corrected chi connectivity index (χ0v) is 21.6. The highest BCUT2D eigenvalue weighted by atomic mass is 28.4. The summed E-state index contributed by atoms with van der Waals surface area (Å²) >= 11 is 0. The lowest BCUT2D eigenvalue weighted by atomic mass is 9.93. The van der Waals surface area contributed by atoms with E-state index in [9.17, 15) is 4.79 Å². The van der Waals surface area contributed by atoms with Crippen LogP contribution < -0.4 is 21.8 Å². The van der Waals surface area contributed by atoms with Gasteiger partial charge in [0.05, 0.1) is 0 Å². The van der Waals surface area contributed by atoms with Gasteiger partial charge in [-0.05, 0) is 41.1 Å². The summed E-state index contributed by atoms with van der Waals surface area (Å²) in [5.41, 5.74) is 6.89. The van der Waals surface area contributed by atoms with Crippen molar-refractivity contribution in [1.29, 1.82) is 0 Å². The van der Waals surface area contributed by atoms with E-state index in [1.165, 1.54) is 16.7 Å². The van der Waals surface area contributed by atoms with Gasteiger partial charge in [0.1, 0.15) is 11.8 Å². The summed E-state index contributed by atoms with van der Waals surface area (Å²) in [6, 6.07) is 21.4. The van der Waals surface area contributed by atoms with Gasteiger partial charge in [0, 0.05) is 12.1 Å². The van der Waals surface area contributed by atoms with Crippen LogP contribution in [0.3, 0.4) is 0 Å². The van der Waals surface area contributed by atoms with Crippen LogP contribution in [0.2, 0.25) is 5.04 Å². The molecular formula is C27H33N5O2Si. The van der Waals surface area contributed by atoms with Crippen LogP contribution in [0, 0.1) is 0 Å². The zero-order chi connectivity index (χ0) is 24.6. The molecule has 182 valence electrons. The molecule has 1 fully saturated rings. The number of aromatic amines is 1. The van der Waals surface area contributed by atoms with Gasteiger partial charge in [-0.2, -0.15) is 0 Å². The quantitative estimate of drug-likeness (QED) is 0.418. The first kappa shape index (κ1) is 23.5. The predicted octanol–water partition coefficient (Wildman–Crippen LogP) is 3.76. The van der Waals surface area contributed by atoms with Gasteiger partial charge in [0.2, 0.25) is 0 Å². The number of hydrogen-bond donors (Lipinski definition) is 2. The number of benzene rings is 2. The standard InChI is InChI=1S/C27H33N5O2Si/c1-27(2,3)35(21-13-6-4-7-14-21,22-15-8-5-9-16-22)34-20-12-10-11-19(17-20)32-25-23(31-26(32)33)24(28)29-18-30-25/h4-9,13-16,18-20H,10-12,17H2,1-3H3,(H,31,33)(H2,28,29,30). The van der Waals surface area contributed by atoms with Crippen molar-refractivity contribution in [2.75, 3.05) is 5.73 Å². The fourth-order valence-corrected chi connectivity index (χ4v) is 10.4. The van der Waals surface area contributed by atoms with Gasteiger partial charge in [-0.3, -0.25) is 4.57 Å². The van der Waals surface area contributed by atoms with Gasteiger partial charge in [0.15, 0.2) is 11.5 Å². The normalized spacial score (nSPS) is 19.2. The van der Waals surface area contributed by atoms with Crippen LogP contribution in [-0.2, 0) is 4.43 Å². The average molecular weight is 488 g/mol. The third-order valence-electron chi connectivity index (χ3n) is 7.26. The molecule has 0 bridgehead atoms. The van der Waals surface area contributed by atoms with Crippen molar-refractivity contribution in [3.8, 4) is 0 Å². The lowest BCUT2D eigenvalue weighted by molar-refractivity contribution is 0.116. The van der Waals surface area contributed by atoms with Gasteiger partial charge in [-0.1, -0.05) is 81.4 Å². The van der Waals surface area contributed by atoms with Crippen molar-refractivity contribution in [1.82, 2.24) is 19.5 Å². The van der Waals surface area contributed by atoms with Crippen LogP contribution in [0.4, 0.5) is 5.82 Å². The Balaban J connectivity index is 1.56. The van der Waals surface area contributed by atoms with E-state index < -0.39 is 8.32 Å². The largest absolute Gasteiger partial charge is 0.404 e. The number of hydrogen-bond acceptors (Lipinski definition) is 5. The Morgan fingerprint density at radius 1 is 1.00 bits per heavy atom. The molecule has 1 aliphatic carbocycles. The predicted molar refractivity (Wildman–Crippen MR) is 143 cm³/mol. The average Bonchev–Trinajstić information content (AvgIpc) is 3.20. The Bertz CT molecular complexity index is 1320. The molecule has 0 aliphatic heterocycles. The minimum atomic E-state index is -2.67. The molecule has 0 spiro atoms. The topological polar surface area (TPSA) is 98.8 Å². The number of aromatic nitrogens is 4. The molecule has 0 amide bonds. The Morgan fingerprint density at radius 3 is 2.23 bits per heavy atom. The Morgan fingerprint density at radius 2 is 1.63 bits per heavy atom. The van der Waals surface area contributed by atoms with Crippen molar-refractivity contribution >= 4 is 35.7 Å². The summed E-state index contributed by atoms with van der Waals surface area (Å²) in [5.74, 6) is 0.293. The van der Waals surface area contributed by atoms with E-state index in [-0.39, 0.29) is 22.9 Å². The molecule has 0 radical (unpaired) electrons. The first-order valence-corrected chi connectivity index (χ1v) is 14.2. The number of fused-ring (bicyclic) bond motifs is 1. The first-order valence-electron chi connectivity index (χ1n) is 12.3. The number of nitrogens with two attached hydrogens (primary N) is 1. The van der Waals surface area contributed by atoms with Gasteiger partial charge in [0.25, 0.3) is 8.32 Å². The van der Waals surface area contributed by atoms with E-state index in [1.807, 2.05) is 0 Å². The van der Waals surface area contributed by atoms with Crippen molar-refractivity contribution < 1.29 is 4.43 Å². The molecule has 35 heavy (non-hydrogen) atoms. The number of imidazole rings is 1. The van der Waals surface area contributed by atoms with Crippen molar-refractivity contribution in [3.05, 3.63) is 77.5 Å². The highest BCUT2D eigenvalue weighted by molar-refractivity contribution is 6.99. The summed E-state index contributed by atoms with van der Waals surface area (Å²) in [6.07, 6.45) is 5.04. The lowest BCUT2D eigenvalue weighted by Gasteiger charge is -2.46. The highest BCUT2D eigenvalue weighted by Gasteiger charge is 2.51. The molecule has 3 N–H and O–H groups in total. The van der Waals surface area contributed by atoms with Crippen LogP contribution in [0.5, 0.6) is 0 Å². The Kier molecular flexibility index (Phi) is 6.10. The number of nitrogen functional groups attached to an aromatic ring is 1. The van der Waals surface area contributed by atoms with Crippen LogP contribution in [0.25, 0.3) is 11.2 Å². The number of nitrogens with one attached hydrogen (secondary N) is 1. The summed E-state index contributed by atoms with van der Waals surface area (Å²) in [6.45, 7) is 6.89. The second kappa shape index (κ2) is 9.09. The molecule has 1 aliphatic rings. The van der Waals surface area contributed by atoms with Gasteiger partial charge in [-0.25, -0.2) is 14.8 Å². The van der Waals surface area contributed by atoms with E-state index in [1.54, 1.807) is 4.57 Å². The monoisotopic (exact) mass is 487 g/mol. The minimum Gasteiger partial charge on any atom is -0.404 e. The first-order chi connectivity index (χ1) is 16.8. The third-order valence-corrected chi connectivity index (χ3v) is 12.4. The molecule has 7 nitrogen and oxygen atoms in total. The maximum atomic E-state index is 12.9. The highest BCUT2D eigenvalue weighted by Crippen LogP contribution is 2.40. The molecule has 5 rings (SSSR count). The minimum absolute atomic E-state index is 0.0116. The molecule has 8 heteroatoms. The fourth-order valence-electron chi connectivity index (χ4n) is 5.70. The van der Waals surface area contributed by atoms with Gasteiger partial charge < -0.3 is 15.1 Å². The maximum Gasteiger partial charge on any atom is 0.328 e. The Hall–Kier alpha value is -3.23. The lowest BCUT2D eigenvalue weighted by Crippen LogP contribution is -2.67. The van der Waals surface area contributed by atoms with E-state index >= 15 is 0 Å². The molecule has 2 aromatic heterocycles. The van der Waals surface area contributed by atoms with Gasteiger partial charge >= 0.3 is 5.69 Å². The third kappa shape index (κ3) is 4.10. The second-order valence-corrected chi connectivity index (χ2v) is 14.7. The molecule has 2 aromatic carbocycles. The van der Waals surface area contributed by atoms with Crippen LogP contribution in [-0.4, -0.2) is 33.9 Å². The van der Waals surface area contributed by atoms with Crippen LogP contribution >= 0.6 is 0 Å². The van der Waals surface area contributed by atoms with E-state index in [2.05, 4.69) is 96.4 Å². The van der Waals surface area contributed by atoms with E-state index in [0.717, 1.165) is 25.7 Å². The van der Waals surface area contributed by atoms with Crippen LogP contribution in [0.15, 0.2) is 71.8 Å². The van der Waals surface area contributed by atoms with Crippen LogP contribution in [0.1, 0.15) is 52.5 Å². The molecule has 0 saturated heterocycles. The summed E-state index contributed by atoms with van der Waals surface area (Å²) in [5, 5.41) is 2.44. The van der Waals surface area contributed by atoms with Crippen molar-refractivity contribution in [2.45, 2.75) is 63.6 Å². The number of rotatable bonds is 5. The van der Waals surface area contributed by atoms with E-state index in [0.29, 0.717) is 17.0 Å². The molecule has 2 atom stereocenters. The molecule has 2 unspecified atom stereocenters. The molecule has 2 heterocycles. The van der Waals surface area contributed by atoms with Crippen molar-refractivity contribution in [3.63, 3.8) is 0 Å². The number of H-pyrrole nitrogens is 1. The van der Waals surface area contributed by atoms with Crippen molar-refractivity contribution in [2.24, 2.45) is 0 Å². The summed E-state index contributed by atoms with van der Waals surface area (Å²) in [7, 11) is -2.67. The summed E-state index contributed by atoms with van der Waals surface area (Å²) < 4.78 is 9.13. The fraction of sp³-hybridized carbons (Fsp3) is 0.370. The van der Waals surface area contributed by atoms with Gasteiger partial charge in [-0.15, -0.1) is 0 Å². The molecular weight excluding hydrogens is 454 g/mol. The maximum absolute atomic E-state index is 12.9. The van der Waals surface area contributed by atoms with E-state index in [4.69, 9.17) is 10.2 Å². The smallest absolute Gasteiger partial charge is 0.328 e. The molecule has 1 saturated carbocycles. The number of anilines is 1. The SMILES string of the molecule is CC(C)(C)[Si](OC1CCCC(n2c(=O)[nH]c3c(N)ncnc32)C1)(c1ccccc1)c1ccccc1. The second-order valence-electron chi connectivity index (χ2n) is 10.5. The zero-order valence-electron chi connectivity index (χ0n) is 20.6. The molecule has 4 aromatic rings. The number of nitrogens with zero attached hydrogens (tertiary/aromatic N) is 3.